The molecule has 6 rings (SSSR count). The molecule has 180 valence electrons. The van der Waals surface area contributed by atoms with Gasteiger partial charge >= 0.3 is 0 Å². The molecule has 1 aromatic carbocycles. The predicted molar refractivity (Wildman–Crippen MR) is 132 cm³/mol. The Bertz CT molecular complexity index is 1410. The van der Waals surface area contributed by atoms with Gasteiger partial charge in [0.2, 0.25) is 5.95 Å². The third-order valence-corrected chi connectivity index (χ3v) is 8.00. The van der Waals surface area contributed by atoms with Crippen molar-refractivity contribution < 1.29 is 20.1 Å². The van der Waals surface area contributed by atoms with Gasteiger partial charge in [-0.05, 0) is 38.0 Å². The van der Waals surface area contributed by atoms with Gasteiger partial charge in [-0.3, -0.25) is 4.98 Å². The Hall–Kier alpha value is -3.38. The van der Waals surface area contributed by atoms with Crippen molar-refractivity contribution in [2.45, 2.75) is 37.2 Å². The first-order valence-corrected chi connectivity index (χ1v) is 12.1. The minimum atomic E-state index is -1.74. The molecule has 2 aliphatic rings. The van der Waals surface area contributed by atoms with Crippen molar-refractivity contribution in [3.05, 3.63) is 48.4 Å². The number of nitrogens with one attached hydrogen (secondary N) is 2. The van der Waals surface area contributed by atoms with Gasteiger partial charge in [-0.15, -0.1) is 11.3 Å². The van der Waals surface area contributed by atoms with Crippen LogP contribution in [0.3, 0.4) is 0 Å². The molecule has 4 aromatic rings. The molecule has 3 heterocycles. The summed E-state index contributed by atoms with van der Waals surface area (Å²) < 4.78 is 6.37. The quantitative estimate of drug-likeness (QED) is 0.255. The van der Waals surface area contributed by atoms with Crippen LogP contribution in [0.2, 0.25) is 0 Å². The average molecular weight is 493 g/mol. The van der Waals surface area contributed by atoms with Crippen LogP contribution in [0.1, 0.15) is 18.5 Å². The topological polar surface area (TPSA) is 146 Å². The molecule has 2 saturated carbocycles. The molecule has 0 amide bonds. The van der Waals surface area contributed by atoms with Crippen molar-refractivity contribution in [1.82, 2.24) is 19.9 Å². The van der Waals surface area contributed by atoms with E-state index in [0.29, 0.717) is 39.9 Å². The second-order valence-corrected chi connectivity index (χ2v) is 9.98. The highest BCUT2D eigenvalue weighted by molar-refractivity contribution is 7.21. The fraction of sp³-hybridized carbons (Fsp3) is 0.333. The molecule has 0 radical (unpaired) electrons. The van der Waals surface area contributed by atoms with Gasteiger partial charge in [0.05, 0.1) is 46.6 Å². The standard InChI is InChI=1S/C24H24N6O4S/c1-12-18(21-27-15-5-3-4-6-17(15)35-21)20(30-23(32)9-7-13-19(31)24(13,23)33)29-22(26-12)28-14-8-10-25-11-16(14)34-2/h3-6,8,10-11,13,19,31-33H,7,9H2,1-2H3,(H2,25,26,28,29,30). The van der Waals surface area contributed by atoms with E-state index in [4.69, 9.17) is 9.72 Å². The van der Waals surface area contributed by atoms with Gasteiger partial charge in [-0.25, -0.2) is 9.97 Å². The fourth-order valence-electron chi connectivity index (χ4n) is 5.00. The number of pyridine rings is 1. The maximum Gasteiger partial charge on any atom is 0.229 e. The van der Waals surface area contributed by atoms with E-state index >= 15 is 0 Å². The smallest absolute Gasteiger partial charge is 0.229 e. The van der Waals surface area contributed by atoms with E-state index in [2.05, 4.69) is 25.6 Å². The zero-order chi connectivity index (χ0) is 24.4. The zero-order valence-corrected chi connectivity index (χ0v) is 19.9. The average Bonchev–Trinajstić information content (AvgIpc) is 3.12. The van der Waals surface area contributed by atoms with E-state index < -0.39 is 17.4 Å². The Morgan fingerprint density at radius 1 is 1.14 bits per heavy atom. The lowest BCUT2D eigenvalue weighted by molar-refractivity contribution is -0.0851. The molecule has 0 saturated heterocycles. The van der Waals surface area contributed by atoms with Gasteiger partial charge in [0.1, 0.15) is 16.4 Å². The van der Waals surface area contributed by atoms with E-state index in [9.17, 15) is 15.3 Å². The van der Waals surface area contributed by atoms with Crippen LogP contribution in [0.15, 0.2) is 42.7 Å². The minimum absolute atomic E-state index is 0.265. The van der Waals surface area contributed by atoms with Crippen molar-refractivity contribution in [1.29, 1.82) is 0 Å². The van der Waals surface area contributed by atoms with Crippen LogP contribution < -0.4 is 15.4 Å². The molecule has 2 aliphatic carbocycles. The summed E-state index contributed by atoms with van der Waals surface area (Å²) >= 11 is 1.49. The van der Waals surface area contributed by atoms with Crippen LogP contribution >= 0.6 is 11.3 Å². The highest BCUT2D eigenvalue weighted by atomic mass is 32.1. The molecule has 4 unspecified atom stereocenters. The number of aliphatic hydroxyl groups is 3. The maximum absolute atomic E-state index is 11.4. The van der Waals surface area contributed by atoms with Crippen molar-refractivity contribution in [2.24, 2.45) is 5.92 Å². The van der Waals surface area contributed by atoms with Crippen LogP contribution in [-0.4, -0.2) is 59.8 Å². The van der Waals surface area contributed by atoms with Crippen LogP contribution in [-0.2, 0) is 0 Å². The number of nitrogens with zero attached hydrogens (tertiary/aromatic N) is 4. The summed E-state index contributed by atoms with van der Waals surface area (Å²) in [7, 11) is 1.55. The SMILES string of the molecule is COc1cnccc1Nc1nc(C)c(-c2nc3ccccc3s2)c(NC2(O)CCC3C(O)C32O)n1. The summed E-state index contributed by atoms with van der Waals surface area (Å²) in [5.74, 6) is 0.724. The predicted octanol–water partition coefficient (Wildman–Crippen LogP) is 2.83. The highest BCUT2D eigenvalue weighted by Crippen LogP contribution is 2.61. The van der Waals surface area contributed by atoms with Crippen molar-refractivity contribution >= 4 is 39.0 Å². The number of hydrogen-bond donors (Lipinski definition) is 5. The summed E-state index contributed by atoms with van der Waals surface area (Å²) in [5.41, 5.74) is -0.658. The largest absolute Gasteiger partial charge is 0.493 e. The molecule has 10 nitrogen and oxygen atoms in total. The number of aliphatic hydroxyl groups excluding tert-OH is 1. The van der Waals surface area contributed by atoms with E-state index in [1.807, 2.05) is 31.2 Å². The number of fused-ring (bicyclic) bond motifs is 2. The van der Waals surface area contributed by atoms with Crippen molar-refractivity contribution in [3.63, 3.8) is 0 Å². The van der Waals surface area contributed by atoms with E-state index in [-0.39, 0.29) is 18.3 Å². The van der Waals surface area contributed by atoms with Gasteiger partial charge in [0.15, 0.2) is 11.5 Å². The van der Waals surface area contributed by atoms with Crippen LogP contribution in [0.5, 0.6) is 5.75 Å². The molecule has 3 aromatic heterocycles. The molecule has 5 N–H and O–H groups in total. The number of aromatic nitrogens is 4. The highest BCUT2D eigenvalue weighted by Gasteiger charge is 2.78. The van der Waals surface area contributed by atoms with Gasteiger partial charge in [-0.2, -0.15) is 4.98 Å². The molecular formula is C24H24N6O4S. The Labute approximate surface area is 204 Å². The van der Waals surface area contributed by atoms with Crippen LogP contribution in [0, 0.1) is 12.8 Å². The lowest BCUT2D eigenvalue weighted by Gasteiger charge is -2.33. The molecule has 4 atom stereocenters. The molecule has 11 heteroatoms. The number of para-hydroxylation sites is 1. The molecule has 0 bridgehead atoms. The van der Waals surface area contributed by atoms with Gasteiger partial charge in [-0.1, -0.05) is 12.1 Å². The second kappa shape index (κ2) is 7.82. The third kappa shape index (κ3) is 3.34. The molecule has 2 fully saturated rings. The number of aryl methyl sites for hydroxylation is 1. The summed E-state index contributed by atoms with van der Waals surface area (Å²) in [4.78, 5) is 18.1. The van der Waals surface area contributed by atoms with E-state index in [1.165, 1.54) is 11.3 Å². The first kappa shape index (κ1) is 22.1. The van der Waals surface area contributed by atoms with E-state index in [1.54, 1.807) is 25.6 Å². The monoisotopic (exact) mass is 492 g/mol. The second-order valence-electron chi connectivity index (χ2n) is 8.94. The first-order valence-electron chi connectivity index (χ1n) is 11.2. The normalized spacial score (nSPS) is 27.0. The number of ether oxygens (including phenoxy) is 1. The number of anilines is 3. The minimum Gasteiger partial charge on any atom is -0.493 e. The molecule has 0 spiro atoms. The van der Waals surface area contributed by atoms with Crippen LogP contribution in [0.4, 0.5) is 17.5 Å². The zero-order valence-electron chi connectivity index (χ0n) is 19.1. The van der Waals surface area contributed by atoms with Crippen molar-refractivity contribution in [2.75, 3.05) is 17.7 Å². The van der Waals surface area contributed by atoms with Crippen LogP contribution in [0.25, 0.3) is 20.8 Å². The number of benzene rings is 1. The molecular weight excluding hydrogens is 468 g/mol. The maximum atomic E-state index is 11.4. The Morgan fingerprint density at radius 2 is 1.97 bits per heavy atom. The summed E-state index contributed by atoms with van der Waals surface area (Å²) in [6, 6.07) is 9.54. The lowest BCUT2D eigenvalue weighted by atomic mass is 10.0. The Balaban J connectivity index is 1.46. The van der Waals surface area contributed by atoms with E-state index in [0.717, 1.165) is 10.2 Å². The van der Waals surface area contributed by atoms with Gasteiger partial charge < -0.3 is 30.7 Å². The van der Waals surface area contributed by atoms with Crippen molar-refractivity contribution in [3.8, 4) is 16.3 Å². The van der Waals surface area contributed by atoms with Gasteiger partial charge in [0.25, 0.3) is 0 Å². The number of rotatable bonds is 6. The van der Waals surface area contributed by atoms with Gasteiger partial charge in [0, 0.05) is 12.1 Å². The Morgan fingerprint density at radius 3 is 2.71 bits per heavy atom. The summed E-state index contributed by atoms with van der Waals surface area (Å²) in [6.07, 6.45) is 2.99. The Kier molecular flexibility index (Phi) is 4.94. The number of methoxy groups -OCH3 is 1. The lowest BCUT2D eigenvalue weighted by Crippen LogP contribution is -2.51. The number of thiazole rings is 1. The molecule has 35 heavy (non-hydrogen) atoms. The summed E-state index contributed by atoms with van der Waals surface area (Å²) in [6.45, 7) is 1.84. The third-order valence-electron chi connectivity index (χ3n) is 6.94. The first-order chi connectivity index (χ1) is 16.8. The summed E-state index contributed by atoms with van der Waals surface area (Å²) in [5, 5.41) is 39.5. The molecule has 0 aliphatic heterocycles. The fourth-order valence-corrected chi connectivity index (χ4v) is 6.06. The number of hydrogen-bond acceptors (Lipinski definition) is 11.